The highest BCUT2D eigenvalue weighted by atomic mass is 19.1. The zero-order valence-electron chi connectivity index (χ0n) is 10.3. The number of benzene rings is 1. The molecule has 0 bridgehead atoms. The maximum absolute atomic E-state index is 13.1. The van der Waals surface area contributed by atoms with Gasteiger partial charge >= 0.3 is 0 Å². The van der Waals surface area contributed by atoms with Gasteiger partial charge in [-0.3, -0.25) is 4.90 Å². The average molecular weight is 237 g/mol. The summed E-state index contributed by atoms with van der Waals surface area (Å²) in [4.78, 5) is 2.33. The molecule has 3 heteroatoms. The van der Waals surface area contributed by atoms with Crippen LogP contribution in [0.1, 0.15) is 38.2 Å². The molecule has 2 rings (SSSR count). The lowest BCUT2D eigenvalue weighted by atomic mass is 10.1. The molecule has 17 heavy (non-hydrogen) atoms. The van der Waals surface area contributed by atoms with Gasteiger partial charge in [-0.05, 0) is 37.6 Å². The van der Waals surface area contributed by atoms with E-state index in [1.165, 1.54) is 43.9 Å². The minimum atomic E-state index is -0.278. The standard InChI is InChI=1S/C14H20FNO/c1-2-16(13-5-3-4-6-13)10-11-9-12(15)7-8-14(11)17/h7-9,13,17H,2-6,10H2,1H3. The van der Waals surface area contributed by atoms with Crippen LogP contribution >= 0.6 is 0 Å². The first kappa shape index (κ1) is 12.4. The van der Waals surface area contributed by atoms with E-state index in [1.807, 2.05) is 0 Å². The van der Waals surface area contributed by atoms with Crippen molar-refractivity contribution in [3.8, 4) is 5.75 Å². The van der Waals surface area contributed by atoms with E-state index < -0.39 is 0 Å². The molecule has 0 heterocycles. The molecule has 2 nitrogen and oxygen atoms in total. The van der Waals surface area contributed by atoms with Gasteiger partial charge in [0.15, 0.2) is 0 Å². The fraction of sp³-hybridized carbons (Fsp3) is 0.571. The number of phenolic OH excluding ortho intramolecular Hbond substituents is 1. The quantitative estimate of drug-likeness (QED) is 0.868. The van der Waals surface area contributed by atoms with Gasteiger partial charge in [-0.15, -0.1) is 0 Å². The monoisotopic (exact) mass is 237 g/mol. The van der Waals surface area contributed by atoms with Gasteiger partial charge < -0.3 is 5.11 Å². The van der Waals surface area contributed by atoms with Crippen molar-refractivity contribution in [2.24, 2.45) is 0 Å². The summed E-state index contributed by atoms with van der Waals surface area (Å²) in [7, 11) is 0. The van der Waals surface area contributed by atoms with Crippen molar-refractivity contribution in [3.63, 3.8) is 0 Å². The molecule has 1 aromatic carbocycles. The van der Waals surface area contributed by atoms with E-state index in [-0.39, 0.29) is 11.6 Å². The summed E-state index contributed by atoms with van der Waals surface area (Å²) in [5.74, 6) is -0.0804. The van der Waals surface area contributed by atoms with Gasteiger partial charge in [0.2, 0.25) is 0 Å². The third-order valence-corrected chi connectivity index (χ3v) is 3.66. The second-order valence-corrected chi connectivity index (χ2v) is 4.77. The molecule has 1 aromatic rings. The van der Waals surface area contributed by atoms with Crippen molar-refractivity contribution in [3.05, 3.63) is 29.6 Å². The Bertz CT molecular complexity index is 374. The summed E-state index contributed by atoms with van der Waals surface area (Å²) in [6, 6.07) is 4.77. The molecule has 1 fully saturated rings. The molecule has 0 unspecified atom stereocenters. The van der Waals surface area contributed by atoms with Crippen LogP contribution in [-0.2, 0) is 6.54 Å². The SMILES string of the molecule is CCN(Cc1cc(F)ccc1O)C1CCCC1. The van der Waals surface area contributed by atoms with Crippen LogP contribution in [0.3, 0.4) is 0 Å². The number of hydrogen-bond acceptors (Lipinski definition) is 2. The number of rotatable bonds is 4. The Morgan fingerprint density at radius 1 is 1.35 bits per heavy atom. The fourth-order valence-electron chi connectivity index (χ4n) is 2.67. The van der Waals surface area contributed by atoms with Gasteiger partial charge in [-0.1, -0.05) is 19.8 Å². The predicted octanol–water partition coefficient (Wildman–Crippen LogP) is 3.30. The van der Waals surface area contributed by atoms with Crippen LogP contribution in [0.2, 0.25) is 0 Å². The molecule has 0 amide bonds. The molecule has 1 N–H and O–H groups in total. The van der Waals surface area contributed by atoms with Crippen LogP contribution in [0.25, 0.3) is 0 Å². The smallest absolute Gasteiger partial charge is 0.123 e. The number of aromatic hydroxyl groups is 1. The number of phenols is 1. The minimum absolute atomic E-state index is 0.197. The highest BCUT2D eigenvalue weighted by Gasteiger charge is 2.22. The van der Waals surface area contributed by atoms with Gasteiger partial charge in [0.1, 0.15) is 11.6 Å². The molecular formula is C14H20FNO. The average Bonchev–Trinajstić information content (AvgIpc) is 2.84. The zero-order valence-corrected chi connectivity index (χ0v) is 10.3. The van der Waals surface area contributed by atoms with E-state index in [0.717, 1.165) is 6.54 Å². The van der Waals surface area contributed by atoms with Gasteiger partial charge in [0.25, 0.3) is 0 Å². The van der Waals surface area contributed by atoms with E-state index in [4.69, 9.17) is 0 Å². The first-order valence-electron chi connectivity index (χ1n) is 6.42. The van der Waals surface area contributed by atoms with Gasteiger partial charge in [-0.2, -0.15) is 0 Å². The molecule has 0 radical (unpaired) electrons. The van der Waals surface area contributed by atoms with Crippen molar-refractivity contribution in [2.45, 2.75) is 45.2 Å². The maximum Gasteiger partial charge on any atom is 0.123 e. The molecule has 1 aliphatic carbocycles. The minimum Gasteiger partial charge on any atom is -0.508 e. The number of nitrogens with zero attached hydrogens (tertiary/aromatic N) is 1. The Balaban J connectivity index is 2.09. The lowest BCUT2D eigenvalue weighted by Gasteiger charge is -2.27. The van der Waals surface area contributed by atoms with Crippen LogP contribution in [0.5, 0.6) is 5.75 Å². The van der Waals surface area contributed by atoms with E-state index >= 15 is 0 Å². The van der Waals surface area contributed by atoms with Crippen molar-refractivity contribution < 1.29 is 9.50 Å². The highest BCUT2D eigenvalue weighted by molar-refractivity contribution is 5.32. The second-order valence-electron chi connectivity index (χ2n) is 4.77. The van der Waals surface area contributed by atoms with E-state index in [0.29, 0.717) is 18.2 Å². The molecule has 0 aromatic heterocycles. The Morgan fingerprint density at radius 2 is 2.06 bits per heavy atom. The summed E-state index contributed by atoms with van der Waals surface area (Å²) in [6.07, 6.45) is 5.03. The van der Waals surface area contributed by atoms with Crippen LogP contribution < -0.4 is 0 Å². The normalized spacial score (nSPS) is 16.9. The van der Waals surface area contributed by atoms with Crippen LogP contribution in [0.4, 0.5) is 4.39 Å². The maximum atomic E-state index is 13.1. The van der Waals surface area contributed by atoms with Gasteiger partial charge in [0.05, 0.1) is 0 Å². The molecule has 0 atom stereocenters. The molecule has 0 spiro atoms. The summed E-state index contributed by atoms with van der Waals surface area (Å²) in [6.45, 7) is 3.71. The lowest BCUT2D eigenvalue weighted by molar-refractivity contribution is 0.198. The summed E-state index contributed by atoms with van der Waals surface area (Å²) in [5, 5.41) is 9.73. The third kappa shape index (κ3) is 2.97. The molecule has 0 aliphatic heterocycles. The first-order valence-corrected chi connectivity index (χ1v) is 6.42. The Hall–Kier alpha value is -1.09. The molecule has 0 saturated heterocycles. The fourth-order valence-corrected chi connectivity index (χ4v) is 2.67. The van der Waals surface area contributed by atoms with E-state index in [2.05, 4.69) is 11.8 Å². The summed E-state index contributed by atoms with van der Waals surface area (Å²) >= 11 is 0. The summed E-state index contributed by atoms with van der Waals surface area (Å²) < 4.78 is 13.1. The van der Waals surface area contributed by atoms with Gasteiger partial charge in [0, 0.05) is 18.2 Å². The van der Waals surface area contributed by atoms with Crippen LogP contribution in [-0.4, -0.2) is 22.6 Å². The van der Waals surface area contributed by atoms with Crippen LogP contribution in [0, 0.1) is 5.82 Å². The molecular weight excluding hydrogens is 217 g/mol. The lowest BCUT2D eigenvalue weighted by Crippen LogP contribution is -2.32. The second kappa shape index (κ2) is 5.50. The summed E-state index contributed by atoms with van der Waals surface area (Å²) in [5.41, 5.74) is 0.693. The Kier molecular flexibility index (Phi) is 4.00. The van der Waals surface area contributed by atoms with E-state index in [1.54, 1.807) is 0 Å². The largest absolute Gasteiger partial charge is 0.508 e. The third-order valence-electron chi connectivity index (χ3n) is 3.66. The Labute approximate surface area is 102 Å². The molecule has 94 valence electrons. The van der Waals surface area contributed by atoms with Crippen molar-refractivity contribution in [1.82, 2.24) is 4.90 Å². The van der Waals surface area contributed by atoms with Crippen molar-refractivity contribution in [1.29, 1.82) is 0 Å². The highest BCUT2D eigenvalue weighted by Crippen LogP contribution is 2.27. The van der Waals surface area contributed by atoms with Crippen molar-refractivity contribution >= 4 is 0 Å². The first-order chi connectivity index (χ1) is 8.20. The Morgan fingerprint density at radius 3 is 2.71 bits per heavy atom. The zero-order chi connectivity index (χ0) is 12.3. The van der Waals surface area contributed by atoms with E-state index in [9.17, 15) is 9.50 Å². The number of halogens is 1. The number of hydrogen-bond donors (Lipinski definition) is 1. The topological polar surface area (TPSA) is 23.5 Å². The van der Waals surface area contributed by atoms with Crippen molar-refractivity contribution in [2.75, 3.05) is 6.54 Å². The van der Waals surface area contributed by atoms with Crippen LogP contribution in [0.15, 0.2) is 18.2 Å². The molecule has 1 saturated carbocycles. The predicted molar refractivity (Wildman–Crippen MR) is 66.4 cm³/mol. The van der Waals surface area contributed by atoms with Gasteiger partial charge in [-0.25, -0.2) is 4.39 Å². The molecule has 1 aliphatic rings.